The van der Waals surface area contributed by atoms with Gasteiger partial charge in [0.15, 0.2) is 0 Å². The first-order chi connectivity index (χ1) is 7.22. The van der Waals surface area contributed by atoms with Crippen LogP contribution in [0.5, 0.6) is 0 Å². The van der Waals surface area contributed by atoms with Gasteiger partial charge in [0.05, 0.1) is 0 Å². The van der Waals surface area contributed by atoms with Crippen LogP contribution >= 0.6 is 0 Å². The predicted octanol–water partition coefficient (Wildman–Crippen LogP) is -0.158. The largest absolute Gasteiger partial charge is 0.329 e. The van der Waals surface area contributed by atoms with E-state index in [0.29, 0.717) is 6.54 Å². The molecular weight excluding hydrogens is 188 g/mol. The quantitative estimate of drug-likeness (QED) is 0.682. The Kier molecular flexibility index (Phi) is 5.25. The summed E-state index contributed by atoms with van der Waals surface area (Å²) in [6.45, 7) is 2.34. The maximum atomic E-state index is 5.76. The average Bonchev–Trinajstić information content (AvgIpc) is 2.27. The molecule has 84 valence electrons. The van der Waals surface area contributed by atoms with Gasteiger partial charge in [0.25, 0.3) is 0 Å². The molecule has 4 N–H and O–H groups in total. The van der Waals surface area contributed by atoms with E-state index in [-0.39, 0.29) is 6.04 Å². The fourth-order valence-electron chi connectivity index (χ4n) is 1.42. The lowest BCUT2D eigenvalue weighted by atomic mass is 10.2. The van der Waals surface area contributed by atoms with Gasteiger partial charge in [0.2, 0.25) is 0 Å². The minimum absolute atomic E-state index is 0.0683. The van der Waals surface area contributed by atoms with Crippen molar-refractivity contribution in [1.29, 1.82) is 0 Å². The zero-order chi connectivity index (χ0) is 11.1. The van der Waals surface area contributed by atoms with Crippen LogP contribution in [-0.4, -0.2) is 42.6 Å². The second-order valence-corrected chi connectivity index (χ2v) is 3.83. The molecular formula is C11H20N4. The Balaban J connectivity index is 2.25. The van der Waals surface area contributed by atoms with E-state index < -0.39 is 0 Å². The van der Waals surface area contributed by atoms with Gasteiger partial charge in [-0.15, -0.1) is 0 Å². The molecule has 4 heteroatoms. The molecule has 0 bridgehead atoms. The van der Waals surface area contributed by atoms with Crippen molar-refractivity contribution in [2.24, 2.45) is 11.5 Å². The van der Waals surface area contributed by atoms with Crippen LogP contribution in [0.1, 0.15) is 5.69 Å². The zero-order valence-electron chi connectivity index (χ0n) is 9.26. The van der Waals surface area contributed by atoms with Crippen molar-refractivity contribution in [2.75, 3.05) is 26.7 Å². The van der Waals surface area contributed by atoms with Crippen molar-refractivity contribution < 1.29 is 0 Å². The van der Waals surface area contributed by atoms with Crippen molar-refractivity contribution >= 4 is 0 Å². The van der Waals surface area contributed by atoms with E-state index >= 15 is 0 Å². The van der Waals surface area contributed by atoms with E-state index in [9.17, 15) is 0 Å². The van der Waals surface area contributed by atoms with Gasteiger partial charge in [-0.05, 0) is 19.2 Å². The normalized spacial score (nSPS) is 13.1. The molecule has 4 nitrogen and oxygen atoms in total. The first-order valence-electron chi connectivity index (χ1n) is 5.26. The first kappa shape index (κ1) is 12.1. The Hall–Kier alpha value is -0.970. The molecule has 0 aliphatic carbocycles. The monoisotopic (exact) mass is 208 g/mol. The summed E-state index contributed by atoms with van der Waals surface area (Å²) in [6, 6.07) is 6.04. The number of rotatable bonds is 6. The van der Waals surface area contributed by atoms with E-state index in [1.807, 2.05) is 24.4 Å². The van der Waals surface area contributed by atoms with Gasteiger partial charge in [-0.3, -0.25) is 4.98 Å². The summed E-state index contributed by atoms with van der Waals surface area (Å²) >= 11 is 0. The molecule has 1 aromatic rings. The molecule has 0 radical (unpaired) electrons. The molecule has 0 aromatic carbocycles. The third-order valence-electron chi connectivity index (χ3n) is 2.32. The number of hydrogen-bond acceptors (Lipinski definition) is 4. The smallest absolute Gasteiger partial charge is 0.0416 e. The van der Waals surface area contributed by atoms with Crippen LogP contribution in [0.2, 0.25) is 0 Å². The van der Waals surface area contributed by atoms with Gasteiger partial charge in [-0.1, -0.05) is 6.07 Å². The number of hydrogen-bond donors (Lipinski definition) is 2. The molecule has 1 heterocycles. The number of likely N-dealkylation sites (N-methyl/N-ethyl adjacent to an activating group) is 1. The molecule has 1 rings (SSSR count). The Labute approximate surface area is 91.3 Å². The van der Waals surface area contributed by atoms with Crippen molar-refractivity contribution in [3.63, 3.8) is 0 Å². The molecule has 0 amide bonds. The Morgan fingerprint density at radius 2 is 2.27 bits per heavy atom. The Morgan fingerprint density at radius 1 is 1.47 bits per heavy atom. The van der Waals surface area contributed by atoms with Crippen molar-refractivity contribution in [2.45, 2.75) is 12.5 Å². The minimum atomic E-state index is 0.0683. The fraction of sp³-hybridized carbons (Fsp3) is 0.545. The van der Waals surface area contributed by atoms with Gasteiger partial charge < -0.3 is 16.4 Å². The number of pyridine rings is 1. The van der Waals surface area contributed by atoms with Gasteiger partial charge >= 0.3 is 0 Å². The molecule has 1 unspecified atom stereocenters. The molecule has 0 saturated heterocycles. The van der Waals surface area contributed by atoms with Crippen LogP contribution in [0.4, 0.5) is 0 Å². The van der Waals surface area contributed by atoms with Crippen molar-refractivity contribution in [3.05, 3.63) is 30.1 Å². The lowest BCUT2D eigenvalue weighted by Crippen LogP contribution is -2.41. The molecule has 0 aliphatic rings. The summed E-state index contributed by atoms with van der Waals surface area (Å²) in [5.41, 5.74) is 12.3. The van der Waals surface area contributed by atoms with Gasteiger partial charge in [-0.25, -0.2) is 0 Å². The molecule has 15 heavy (non-hydrogen) atoms. The van der Waals surface area contributed by atoms with E-state index in [2.05, 4.69) is 16.9 Å². The van der Waals surface area contributed by atoms with Crippen molar-refractivity contribution in [3.8, 4) is 0 Å². The Bertz CT molecular complexity index is 263. The van der Waals surface area contributed by atoms with Gasteiger partial charge in [0, 0.05) is 44.0 Å². The highest BCUT2D eigenvalue weighted by Crippen LogP contribution is 1.96. The van der Waals surface area contributed by atoms with Crippen molar-refractivity contribution in [1.82, 2.24) is 9.88 Å². The summed E-state index contributed by atoms with van der Waals surface area (Å²) in [5.74, 6) is 0. The highest BCUT2D eigenvalue weighted by Gasteiger charge is 2.04. The van der Waals surface area contributed by atoms with Crippen LogP contribution < -0.4 is 11.5 Å². The second kappa shape index (κ2) is 6.50. The molecule has 1 atom stereocenters. The van der Waals surface area contributed by atoms with Crippen LogP contribution in [0.25, 0.3) is 0 Å². The highest BCUT2D eigenvalue weighted by atomic mass is 15.1. The van der Waals surface area contributed by atoms with E-state index in [4.69, 9.17) is 11.5 Å². The number of nitrogens with zero attached hydrogens (tertiary/aromatic N) is 2. The molecule has 1 aromatic heterocycles. The number of nitrogens with two attached hydrogens (primary N) is 2. The summed E-state index contributed by atoms with van der Waals surface area (Å²) in [6.07, 6.45) is 2.77. The van der Waals surface area contributed by atoms with Crippen LogP contribution in [0.15, 0.2) is 24.4 Å². The third kappa shape index (κ3) is 4.88. The SMILES string of the molecule is CN(CCc1ccccn1)CC(N)CN. The lowest BCUT2D eigenvalue weighted by Gasteiger charge is -2.19. The molecule has 0 aliphatic heterocycles. The predicted molar refractivity (Wildman–Crippen MR) is 62.5 cm³/mol. The Morgan fingerprint density at radius 3 is 2.87 bits per heavy atom. The highest BCUT2D eigenvalue weighted by molar-refractivity contribution is 5.03. The molecule has 0 spiro atoms. The maximum absolute atomic E-state index is 5.76. The summed E-state index contributed by atoms with van der Waals surface area (Å²) in [4.78, 5) is 6.45. The average molecular weight is 208 g/mol. The van der Waals surface area contributed by atoms with Crippen LogP contribution in [0, 0.1) is 0 Å². The van der Waals surface area contributed by atoms with Crippen LogP contribution in [0.3, 0.4) is 0 Å². The van der Waals surface area contributed by atoms with Gasteiger partial charge in [0.1, 0.15) is 0 Å². The van der Waals surface area contributed by atoms with Crippen LogP contribution in [-0.2, 0) is 6.42 Å². The van der Waals surface area contributed by atoms with E-state index in [1.165, 1.54) is 0 Å². The summed E-state index contributed by atoms with van der Waals surface area (Å²) in [7, 11) is 2.05. The summed E-state index contributed by atoms with van der Waals surface area (Å²) in [5, 5.41) is 0. The fourth-order valence-corrected chi connectivity index (χ4v) is 1.42. The summed E-state index contributed by atoms with van der Waals surface area (Å²) < 4.78 is 0. The van der Waals surface area contributed by atoms with E-state index in [0.717, 1.165) is 25.2 Å². The third-order valence-corrected chi connectivity index (χ3v) is 2.32. The standard InChI is InChI=1S/C11H20N4/c1-15(9-10(13)8-12)7-5-11-4-2-3-6-14-11/h2-4,6,10H,5,7-9,12-13H2,1H3. The second-order valence-electron chi connectivity index (χ2n) is 3.83. The topological polar surface area (TPSA) is 68.2 Å². The van der Waals surface area contributed by atoms with E-state index in [1.54, 1.807) is 0 Å². The lowest BCUT2D eigenvalue weighted by molar-refractivity contribution is 0.315. The maximum Gasteiger partial charge on any atom is 0.0416 e. The number of aromatic nitrogens is 1. The minimum Gasteiger partial charge on any atom is -0.329 e. The van der Waals surface area contributed by atoms with Gasteiger partial charge in [-0.2, -0.15) is 0 Å². The first-order valence-corrected chi connectivity index (χ1v) is 5.26. The molecule has 0 fully saturated rings. The molecule has 0 saturated carbocycles. The zero-order valence-corrected chi connectivity index (χ0v) is 9.26.